The minimum atomic E-state index is -2.44. The Labute approximate surface area is 350 Å². The van der Waals surface area contributed by atoms with E-state index < -0.39 is 154 Å². The number of carboxylic acid groups (broad SMARTS) is 2. The van der Waals surface area contributed by atoms with E-state index in [1.807, 2.05) is 0 Å². The number of aliphatic hydroxyl groups is 10. The molecule has 0 saturated carbocycles. The maximum absolute atomic E-state index is 12.3. The number of amides is 2. The average molecular weight is 805 g/mol. The van der Waals surface area contributed by atoms with Crippen LogP contribution in [-0.4, -0.2) is 199 Å². The molecule has 3 rings (SSSR count). The molecule has 0 aromatic rings. The second-order valence-electron chi connectivity index (χ2n) is 12.0. The minimum absolute atomic E-state index is 0. The molecular formula is C28H42N2Na2O22. The maximum atomic E-state index is 12.3. The van der Waals surface area contributed by atoms with E-state index in [1.54, 1.807) is 0 Å². The average Bonchev–Trinajstić information content (AvgIpc) is 3.08. The van der Waals surface area contributed by atoms with Crippen molar-refractivity contribution in [3.63, 3.8) is 0 Å². The summed E-state index contributed by atoms with van der Waals surface area (Å²) in [6.45, 7) is -1.11. The molecule has 2 amide bonds. The third-order valence-corrected chi connectivity index (χ3v) is 8.17. The molecule has 3 heterocycles. The van der Waals surface area contributed by atoms with Crippen LogP contribution in [0.3, 0.4) is 0 Å². The molecule has 2 fully saturated rings. The molecule has 0 radical (unpaired) electrons. The van der Waals surface area contributed by atoms with Crippen LogP contribution in [0, 0.1) is 0 Å². The number of carbonyl (C=O) groups excluding carboxylic acids is 4. The summed E-state index contributed by atoms with van der Waals surface area (Å²) in [5.74, 6) is -6.72. The normalized spacial score (nSPS) is 36.0. The summed E-state index contributed by atoms with van der Waals surface area (Å²) in [4.78, 5) is 47.6. The van der Waals surface area contributed by atoms with Gasteiger partial charge in [-0.3, -0.25) is 9.59 Å². The largest absolute Gasteiger partial charge is 1.00 e. The van der Waals surface area contributed by atoms with Crippen molar-refractivity contribution >= 4 is 23.8 Å². The van der Waals surface area contributed by atoms with E-state index in [4.69, 9.17) is 28.4 Å². The Morgan fingerprint density at radius 1 is 0.815 bits per heavy atom. The Morgan fingerprint density at radius 3 is 1.93 bits per heavy atom. The number of aliphatic carboxylic acids is 2. The predicted molar refractivity (Wildman–Crippen MR) is 153 cm³/mol. The molecule has 0 bridgehead atoms. The summed E-state index contributed by atoms with van der Waals surface area (Å²) < 4.78 is 32.5. The summed E-state index contributed by atoms with van der Waals surface area (Å²) in [6, 6.07) is -3.38. The Bertz CT molecular complexity index is 1280. The van der Waals surface area contributed by atoms with Crippen molar-refractivity contribution in [1.82, 2.24) is 10.6 Å². The molecule has 0 aromatic heterocycles. The number of ether oxygens (including phenoxy) is 6. The summed E-state index contributed by atoms with van der Waals surface area (Å²) in [6.07, 6.45) is -30.7. The van der Waals surface area contributed by atoms with E-state index in [9.17, 15) is 80.5 Å². The van der Waals surface area contributed by atoms with Crippen LogP contribution in [-0.2, 0) is 47.6 Å². The van der Waals surface area contributed by atoms with Crippen LogP contribution in [0.2, 0.25) is 0 Å². The first kappa shape index (κ1) is 50.8. The van der Waals surface area contributed by atoms with Crippen molar-refractivity contribution in [2.45, 2.75) is 118 Å². The van der Waals surface area contributed by atoms with Crippen molar-refractivity contribution in [1.29, 1.82) is 0 Å². The molecule has 17 atom stereocenters. The van der Waals surface area contributed by atoms with Crippen LogP contribution in [0.25, 0.3) is 0 Å². The number of hydrogen-bond donors (Lipinski definition) is 12. The Balaban J connectivity index is 0.00000729. The van der Waals surface area contributed by atoms with Crippen molar-refractivity contribution < 1.29 is 168 Å². The van der Waals surface area contributed by atoms with Gasteiger partial charge in [0.15, 0.2) is 12.6 Å². The monoisotopic (exact) mass is 804 g/mol. The molecule has 3 aliphatic rings. The van der Waals surface area contributed by atoms with Gasteiger partial charge in [0, 0.05) is 13.8 Å². The molecular weight excluding hydrogens is 762 g/mol. The van der Waals surface area contributed by atoms with Crippen LogP contribution < -0.4 is 80.0 Å². The second kappa shape index (κ2) is 22.7. The zero-order valence-corrected chi connectivity index (χ0v) is 33.4. The van der Waals surface area contributed by atoms with Crippen molar-refractivity contribution in [3.05, 3.63) is 11.8 Å². The number of rotatable bonds is 16. The molecule has 24 nitrogen and oxygen atoms in total. The van der Waals surface area contributed by atoms with E-state index in [2.05, 4.69) is 10.6 Å². The topological polar surface area (TPSA) is 396 Å². The van der Waals surface area contributed by atoms with E-state index in [0.717, 1.165) is 13.8 Å². The Kier molecular flexibility index (Phi) is 21.4. The first-order valence-electron chi connectivity index (χ1n) is 15.6. The number of nitrogens with one attached hydrogen (secondary N) is 2. The zero-order valence-electron chi connectivity index (χ0n) is 29.4. The van der Waals surface area contributed by atoms with Gasteiger partial charge in [0.05, 0.1) is 31.8 Å². The molecule has 12 N–H and O–H groups in total. The van der Waals surface area contributed by atoms with Gasteiger partial charge in [-0.1, -0.05) is 0 Å². The van der Waals surface area contributed by atoms with Gasteiger partial charge >= 0.3 is 59.1 Å². The van der Waals surface area contributed by atoms with Gasteiger partial charge in [0.2, 0.25) is 18.1 Å². The van der Waals surface area contributed by atoms with Crippen LogP contribution in [0.15, 0.2) is 11.8 Å². The third kappa shape index (κ3) is 12.4. The van der Waals surface area contributed by atoms with Crippen LogP contribution in [0.1, 0.15) is 13.8 Å². The summed E-state index contributed by atoms with van der Waals surface area (Å²) >= 11 is 0. The molecule has 0 spiro atoms. The number of hydrogen-bond acceptors (Lipinski definition) is 22. The minimum Gasteiger partial charge on any atom is -0.547 e. The number of carbonyl (C=O) groups is 4. The molecule has 0 aromatic carbocycles. The van der Waals surface area contributed by atoms with Crippen LogP contribution >= 0.6 is 0 Å². The Hall–Kier alpha value is -1.18. The van der Waals surface area contributed by atoms with E-state index in [1.165, 1.54) is 0 Å². The quantitative estimate of drug-likeness (QED) is 0.0644. The number of aliphatic hydroxyl groups excluding tert-OH is 10. The standard InChI is InChI=1S/C28H44N2O22.2Na/c1-7(34)29-9(4-31)20(15(38)11(37)5-32)49-28-19(42)18(41)22(23(52-28)25(45)46)51-26-14(30-8(2)35)21(17(40)13(6-33)48-26)50-27-16(39)10(36)3-12(47-27)24(43)44;;/h3,9-11,13-23,26-28,31-33,36-42H,4-6H2,1-2H3,(H,29,34)(H,30,35)(H,43,44)(H,45,46);;/q;2*+1/p-2/t9-,10-,11+,13+,14+,15+,16+,17+,18+,19+,20+,21+,22-,23-,26-,27-,28+;;/m0../s1. The van der Waals surface area contributed by atoms with Gasteiger partial charge in [-0.25, -0.2) is 0 Å². The fraction of sp³-hybridized carbons (Fsp3) is 0.786. The fourth-order valence-corrected chi connectivity index (χ4v) is 5.60. The summed E-state index contributed by atoms with van der Waals surface area (Å²) in [7, 11) is 0. The van der Waals surface area contributed by atoms with E-state index in [-0.39, 0.29) is 59.1 Å². The van der Waals surface area contributed by atoms with Crippen molar-refractivity contribution in [2.75, 3.05) is 19.8 Å². The van der Waals surface area contributed by atoms with Gasteiger partial charge in [0.25, 0.3) is 0 Å². The first-order valence-corrected chi connectivity index (χ1v) is 15.6. The van der Waals surface area contributed by atoms with Gasteiger partial charge < -0.3 is 110 Å². The van der Waals surface area contributed by atoms with E-state index in [0.29, 0.717) is 6.08 Å². The van der Waals surface area contributed by atoms with E-state index >= 15 is 0 Å². The molecule has 26 heteroatoms. The van der Waals surface area contributed by atoms with Gasteiger partial charge in [0.1, 0.15) is 91.0 Å². The molecule has 0 unspecified atom stereocenters. The maximum Gasteiger partial charge on any atom is 1.00 e. The summed E-state index contributed by atoms with van der Waals surface area (Å²) in [5.41, 5.74) is 0. The van der Waals surface area contributed by atoms with Gasteiger partial charge in [-0.15, -0.1) is 0 Å². The molecule has 298 valence electrons. The zero-order chi connectivity index (χ0) is 39.2. The first-order chi connectivity index (χ1) is 24.4. The molecule has 0 aliphatic carbocycles. The predicted octanol–water partition coefficient (Wildman–Crippen LogP) is -17.1. The van der Waals surface area contributed by atoms with Crippen molar-refractivity contribution in [3.8, 4) is 0 Å². The van der Waals surface area contributed by atoms with Gasteiger partial charge in [-0.2, -0.15) is 0 Å². The van der Waals surface area contributed by atoms with Gasteiger partial charge in [-0.05, 0) is 6.08 Å². The fourth-order valence-electron chi connectivity index (χ4n) is 5.60. The Morgan fingerprint density at radius 2 is 1.43 bits per heavy atom. The van der Waals surface area contributed by atoms with Crippen molar-refractivity contribution in [2.24, 2.45) is 0 Å². The van der Waals surface area contributed by atoms with Crippen LogP contribution in [0.5, 0.6) is 0 Å². The summed E-state index contributed by atoms with van der Waals surface area (Å²) in [5, 5.41) is 131. The third-order valence-electron chi connectivity index (χ3n) is 8.17. The molecule has 3 aliphatic heterocycles. The van der Waals surface area contributed by atoms with Crippen LogP contribution in [0.4, 0.5) is 0 Å². The molecule has 54 heavy (non-hydrogen) atoms. The second-order valence-corrected chi connectivity index (χ2v) is 12.0. The number of carboxylic acids is 2. The SMILES string of the molecule is CC(=O)N[C@H]1[C@H](O[C@H]2[C@H](O)[C@@H](O)[C@H](O[C@@H]([C@H](O)[C@H](O)CO)[C@H](CO)NC(C)=O)O[C@@H]2C(=O)[O-])O[C@H](CO)[C@@H](O)[C@@H]1O[C@@H]1OC(C(=O)[O-])=C[C@H](O)[C@H]1O.[Na+].[Na+]. The smallest absolute Gasteiger partial charge is 0.547 e. The molecule has 2 saturated heterocycles.